The van der Waals surface area contributed by atoms with Crippen molar-refractivity contribution in [3.8, 4) is 11.5 Å². The maximum Gasteiger partial charge on any atom is 0.144 e. The van der Waals surface area contributed by atoms with Crippen LogP contribution < -0.4 is 4.74 Å². The van der Waals surface area contributed by atoms with Gasteiger partial charge in [0.1, 0.15) is 17.3 Å². The van der Waals surface area contributed by atoms with Crippen LogP contribution in [0.4, 0.5) is 4.39 Å². The Balaban J connectivity index is 2.27. The van der Waals surface area contributed by atoms with Gasteiger partial charge >= 0.3 is 0 Å². The van der Waals surface area contributed by atoms with Gasteiger partial charge in [0.2, 0.25) is 0 Å². The number of ether oxygens (including phenoxy) is 1. The summed E-state index contributed by atoms with van der Waals surface area (Å²) < 4.78 is 19.2. The van der Waals surface area contributed by atoms with Crippen molar-refractivity contribution in [3.05, 3.63) is 52.5 Å². The lowest BCUT2D eigenvalue weighted by Gasteiger charge is -2.08. The first-order valence-electron chi connectivity index (χ1n) is 4.88. The van der Waals surface area contributed by atoms with Crippen LogP contribution >= 0.6 is 15.9 Å². The molecule has 5 heteroatoms. The normalized spacial score (nSPS) is 10.3. The van der Waals surface area contributed by atoms with E-state index in [0.29, 0.717) is 21.7 Å². The van der Waals surface area contributed by atoms with E-state index in [4.69, 9.17) is 9.84 Å². The quantitative estimate of drug-likeness (QED) is 0.945. The summed E-state index contributed by atoms with van der Waals surface area (Å²) in [7, 11) is 0. The van der Waals surface area contributed by atoms with Crippen LogP contribution in [0.3, 0.4) is 0 Å². The molecule has 0 spiro atoms. The Kier molecular flexibility index (Phi) is 3.71. The smallest absolute Gasteiger partial charge is 0.144 e. The molecule has 2 aromatic rings. The highest BCUT2D eigenvalue weighted by Crippen LogP contribution is 2.30. The average molecular weight is 298 g/mol. The van der Waals surface area contributed by atoms with E-state index in [2.05, 4.69) is 20.9 Å². The zero-order chi connectivity index (χ0) is 12.3. The Hall–Kier alpha value is -1.46. The van der Waals surface area contributed by atoms with Crippen molar-refractivity contribution < 1.29 is 14.2 Å². The van der Waals surface area contributed by atoms with Gasteiger partial charge in [0, 0.05) is 18.3 Å². The number of hydrogen-bond acceptors (Lipinski definition) is 3. The first-order chi connectivity index (χ1) is 8.19. The van der Waals surface area contributed by atoms with E-state index in [1.54, 1.807) is 18.2 Å². The zero-order valence-corrected chi connectivity index (χ0v) is 10.3. The highest BCUT2D eigenvalue weighted by Gasteiger charge is 2.05. The van der Waals surface area contributed by atoms with Gasteiger partial charge in [-0.3, -0.25) is 4.98 Å². The van der Waals surface area contributed by atoms with E-state index in [0.717, 1.165) is 0 Å². The molecule has 1 N–H and O–H groups in total. The minimum atomic E-state index is -0.375. The fraction of sp³-hybridized carbons (Fsp3) is 0.0833. The SMILES string of the molecule is OCc1cc(Oc2cc(F)ccc2Br)ccn1. The van der Waals surface area contributed by atoms with Crippen LogP contribution in [-0.2, 0) is 6.61 Å². The molecule has 2 rings (SSSR count). The monoisotopic (exact) mass is 297 g/mol. The summed E-state index contributed by atoms with van der Waals surface area (Å²) in [6, 6.07) is 7.42. The topological polar surface area (TPSA) is 42.4 Å². The largest absolute Gasteiger partial charge is 0.456 e. The Morgan fingerprint density at radius 2 is 2.12 bits per heavy atom. The number of benzene rings is 1. The number of rotatable bonds is 3. The molecule has 0 amide bonds. The molecule has 1 heterocycles. The van der Waals surface area contributed by atoms with Gasteiger partial charge in [-0.1, -0.05) is 0 Å². The number of aromatic nitrogens is 1. The maximum atomic E-state index is 13.0. The van der Waals surface area contributed by atoms with E-state index >= 15 is 0 Å². The summed E-state index contributed by atoms with van der Waals surface area (Å²) in [6.07, 6.45) is 1.52. The molecule has 0 saturated heterocycles. The molecule has 1 aromatic carbocycles. The molecule has 88 valence electrons. The lowest BCUT2D eigenvalue weighted by Crippen LogP contribution is -1.91. The van der Waals surface area contributed by atoms with E-state index < -0.39 is 0 Å². The molecule has 0 unspecified atom stereocenters. The van der Waals surface area contributed by atoms with Gasteiger partial charge < -0.3 is 9.84 Å². The molecule has 0 aliphatic carbocycles. The van der Waals surface area contributed by atoms with Crippen molar-refractivity contribution in [3.63, 3.8) is 0 Å². The van der Waals surface area contributed by atoms with Gasteiger partial charge in [-0.25, -0.2) is 4.39 Å². The molecule has 0 aliphatic rings. The zero-order valence-electron chi connectivity index (χ0n) is 8.73. The third-order valence-corrected chi connectivity index (χ3v) is 2.73. The highest BCUT2D eigenvalue weighted by atomic mass is 79.9. The molecule has 0 fully saturated rings. The van der Waals surface area contributed by atoms with Gasteiger partial charge in [-0.05, 0) is 34.1 Å². The minimum absolute atomic E-state index is 0.165. The van der Waals surface area contributed by atoms with Crippen molar-refractivity contribution in [2.24, 2.45) is 0 Å². The second kappa shape index (κ2) is 5.25. The Morgan fingerprint density at radius 1 is 1.29 bits per heavy atom. The average Bonchev–Trinajstić information content (AvgIpc) is 2.34. The fourth-order valence-electron chi connectivity index (χ4n) is 1.29. The van der Waals surface area contributed by atoms with E-state index in [9.17, 15) is 4.39 Å². The third kappa shape index (κ3) is 3.01. The predicted molar refractivity (Wildman–Crippen MR) is 64.3 cm³/mol. The van der Waals surface area contributed by atoms with Crippen molar-refractivity contribution in [2.45, 2.75) is 6.61 Å². The molecule has 0 aliphatic heterocycles. The molecule has 1 aromatic heterocycles. The molecular weight excluding hydrogens is 289 g/mol. The van der Waals surface area contributed by atoms with Crippen molar-refractivity contribution in [1.29, 1.82) is 0 Å². The number of hydrogen-bond donors (Lipinski definition) is 1. The number of halogens is 2. The molecule has 17 heavy (non-hydrogen) atoms. The summed E-state index contributed by atoms with van der Waals surface area (Å²) in [4.78, 5) is 3.92. The van der Waals surface area contributed by atoms with Crippen molar-refractivity contribution in [1.82, 2.24) is 4.98 Å². The minimum Gasteiger partial charge on any atom is -0.456 e. The number of nitrogens with zero attached hydrogens (tertiary/aromatic N) is 1. The maximum absolute atomic E-state index is 13.0. The van der Waals surface area contributed by atoms with E-state index in [-0.39, 0.29) is 12.4 Å². The molecule has 3 nitrogen and oxygen atoms in total. The first-order valence-corrected chi connectivity index (χ1v) is 5.67. The van der Waals surface area contributed by atoms with E-state index in [1.165, 1.54) is 18.3 Å². The van der Waals surface area contributed by atoms with Gasteiger partial charge in [0.25, 0.3) is 0 Å². The van der Waals surface area contributed by atoms with Crippen LogP contribution in [0.15, 0.2) is 41.0 Å². The van der Waals surface area contributed by atoms with Crippen LogP contribution in [0.5, 0.6) is 11.5 Å². The fourth-order valence-corrected chi connectivity index (χ4v) is 1.62. The second-order valence-electron chi connectivity index (χ2n) is 3.32. The summed E-state index contributed by atoms with van der Waals surface area (Å²) in [5.41, 5.74) is 0.495. The molecule has 0 bridgehead atoms. The molecule has 0 radical (unpaired) electrons. The van der Waals surface area contributed by atoms with Gasteiger partial charge in [0.05, 0.1) is 16.8 Å². The van der Waals surface area contributed by atoms with Crippen molar-refractivity contribution >= 4 is 15.9 Å². The summed E-state index contributed by atoms with van der Waals surface area (Å²) >= 11 is 3.27. The standard InChI is InChI=1S/C12H9BrFNO2/c13-11-2-1-8(14)5-12(11)17-10-3-4-15-9(6-10)7-16/h1-6,16H,7H2. The number of aliphatic hydroxyl groups excluding tert-OH is 1. The van der Waals surface area contributed by atoms with Crippen LogP contribution in [0, 0.1) is 5.82 Å². The molecular formula is C12H9BrFNO2. The van der Waals surface area contributed by atoms with Gasteiger partial charge in [0.15, 0.2) is 0 Å². The third-order valence-electron chi connectivity index (χ3n) is 2.07. The summed E-state index contributed by atoms with van der Waals surface area (Å²) in [6.45, 7) is -0.165. The lowest BCUT2D eigenvalue weighted by molar-refractivity contribution is 0.276. The first kappa shape index (κ1) is 12.0. The highest BCUT2D eigenvalue weighted by molar-refractivity contribution is 9.10. The van der Waals surface area contributed by atoms with Gasteiger partial charge in [-0.15, -0.1) is 0 Å². The molecule has 0 saturated carbocycles. The Morgan fingerprint density at radius 3 is 2.88 bits per heavy atom. The molecule has 0 atom stereocenters. The lowest BCUT2D eigenvalue weighted by atomic mass is 10.3. The Bertz CT molecular complexity index is 534. The summed E-state index contributed by atoms with van der Waals surface area (Å²) in [5.74, 6) is 0.495. The van der Waals surface area contributed by atoms with Crippen LogP contribution in [0.1, 0.15) is 5.69 Å². The number of aliphatic hydroxyl groups is 1. The van der Waals surface area contributed by atoms with Crippen molar-refractivity contribution in [2.75, 3.05) is 0 Å². The predicted octanol–water partition coefficient (Wildman–Crippen LogP) is 3.27. The number of pyridine rings is 1. The van der Waals surface area contributed by atoms with Crippen LogP contribution in [0.2, 0.25) is 0 Å². The second-order valence-corrected chi connectivity index (χ2v) is 4.17. The van der Waals surface area contributed by atoms with Crippen LogP contribution in [-0.4, -0.2) is 10.1 Å². The summed E-state index contributed by atoms with van der Waals surface area (Å²) in [5, 5.41) is 8.94. The van der Waals surface area contributed by atoms with E-state index in [1.807, 2.05) is 0 Å². The van der Waals surface area contributed by atoms with Crippen LogP contribution in [0.25, 0.3) is 0 Å². The Labute approximate surface area is 106 Å². The van der Waals surface area contributed by atoms with Gasteiger partial charge in [-0.2, -0.15) is 0 Å².